The van der Waals surface area contributed by atoms with Gasteiger partial charge in [-0.3, -0.25) is 24.3 Å². The first-order valence-electron chi connectivity index (χ1n) is 10.1. The SMILES string of the molecule is O=C1CN(C(=O)[C@@]23CCCCN2C[C@@H](NC(=O)c2cccnc2)C3)CCCN1. The van der Waals surface area contributed by atoms with Crippen molar-refractivity contribution in [1.29, 1.82) is 0 Å². The Kier molecular flexibility index (Phi) is 5.30. The van der Waals surface area contributed by atoms with Crippen molar-refractivity contribution in [2.24, 2.45) is 0 Å². The molecule has 3 amide bonds. The third-order valence-electron chi connectivity index (χ3n) is 6.10. The number of rotatable bonds is 3. The number of nitrogens with one attached hydrogen (secondary N) is 2. The molecule has 3 fully saturated rings. The van der Waals surface area contributed by atoms with Gasteiger partial charge in [-0.05, 0) is 50.8 Å². The van der Waals surface area contributed by atoms with Crippen LogP contribution >= 0.6 is 0 Å². The number of aromatic nitrogens is 1. The lowest BCUT2D eigenvalue weighted by atomic mass is 9.84. The van der Waals surface area contributed by atoms with E-state index in [2.05, 4.69) is 20.5 Å². The van der Waals surface area contributed by atoms with Crippen molar-refractivity contribution in [2.45, 2.75) is 43.7 Å². The molecule has 0 spiro atoms. The molecule has 1 aromatic heterocycles. The normalized spacial score (nSPS) is 28.2. The largest absolute Gasteiger partial charge is 0.354 e. The maximum absolute atomic E-state index is 13.5. The number of nitrogens with zero attached hydrogens (tertiary/aromatic N) is 3. The molecule has 0 saturated carbocycles. The van der Waals surface area contributed by atoms with Crippen LogP contribution in [0.25, 0.3) is 0 Å². The smallest absolute Gasteiger partial charge is 0.253 e. The second-order valence-corrected chi connectivity index (χ2v) is 7.98. The van der Waals surface area contributed by atoms with Crippen LogP contribution in [0.15, 0.2) is 24.5 Å². The standard InChI is InChI=1S/C20H27N5O3/c26-17-14-24(9-4-8-22-17)19(28)20-6-1-2-10-25(20)13-16(11-20)23-18(27)15-5-3-7-21-12-15/h3,5,7,12,16H,1-2,4,6,8-11,13-14H2,(H,22,26)(H,23,27)/t16-,20-/m0/s1. The number of fused-ring (bicyclic) bond motifs is 1. The molecule has 3 aliphatic heterocycles. The molecule has 8 nitrogen and oxygen atoms in total. The van der Waals surface area contributed by atoms with Gasteiger partial charge in [-0.25, -0.2) is 0 Å². The minimum absolute atomic E-state index is 0.0439. The summed E-state index contributed by atoms with van der Waals surface area (Å²) >= 11 is 0. The number of hydrogen-bond acceptors (Lipinski definition) is 5. The van der Waals surface area contributed by atoms with E-state index in [1.54, 1.807) is 29.4 Å². The maximum Gasteiger partial charge on any atom is 0.253 e. The third-order valence-corrected chi connectivity index (χ3v) is 6.10. The van der Waals surface area contributed by atoms with Gasteiger partial charge in [0.1, 0.15) is 5.54 Å². The van der Waals surface area contributed by atoms with Gasteiger partial charge in [-0.15, -0.1) is 0 Å². The second kappa shape index (κ2) is 7.87. The molecule has 0 aliphatic carbocycles. The van der Waals surface area contributed by atoms with Crippen LogP contribution in [0.1, 0.15) is 42.5 Å². The Morgan fingerprint density at radius 1 is 1.25 bits per heavy atom. The molecular weight excluding hydrogens is 358 g/mol. The van der Waals surface area contributed by atoms with Crippen LogP contribution in [0, 0.1) is 0 Å². The number of pyridine rings is 1. The number of carbonyl (C=O) groups is 3. The highest BCUT2D eigenvalue weighted by molar-refractivity contribution is 5.94. The van der Waals surface area contributed by atoms with E-state index >= 15 is 0 Å². The number of carbonyl (C=O) groups excluding carboxylic acids is 3. The molecular formula is C20H27N5O3. The van der Waals surface area contributed by atoms with Crippen LogP contribution in [0.5, 0.6) is 0 Å². The molecule has 1 aromatic rings. The van der Waals surface area contributed by atoms with E-state index < -0.39 is 5.54 Å². The van der Waals surface area contributed by atoms with Gasteiger partial charge in [0, 0.05) is 38.1 Å². The minimum Gasteiger partial charge on any atom is -0.354 e. The zero-order chi connectivity index (χ0) is 19.6. The van der Waals surface area contributed by atoms with E-state index in [1.165, 1.54) is 0 Å². The van der Waals surface area contributed by atoms with Crippen LogP contribution in [0.3, 0.4) is 0 Å². The van der Waals surface area contributed by atoms with Crippen LogP contribution in [-0.2, 0) is 9.59 Å². The van der Waals surface area contributed by atoms with Gasteiger partial charge in [-0.2, -0.15) is 0 Å². The van der Waals surface area contributed by atoms with E-state index in [4.69, 9.17) is 0 Å². The minimum atomic E-state index is -0.601. The summed E-state index contributed by atoms with van der Waals surface area (Å²) in [6, 6.07) is 3.39. The monoisotopic (exact) mass is 385 g/mol. The van der Waals surface area contributed by atoms with E-state index in [0.29, 0.717) is 31.6 Å². The molecule has 0 aromatic carbocycles. The van der Waals surface area contributed by atoms with Crippen molar-refractivity contribution >= 4 is 17.7 Å². The fourth-order valence-corrected chi connectivity index (χ4v) is 4.79. The highest BCUT2D eigenvalue weighted by atomic mass is 16.2. The van der Waals surface area contributed by atoms with Gasteiger partial charge >= 0.3 is 0 Å². The molecule has 3 aliphatic rings. The molecule has 28 heavy (non-hydrogen) atoms. The first-order valence-corrected chi connectivity index (χ1v) is 10.1. The second-order valence-electron chi connectivity index (χ2n) is 7.98. The summed E-state index contributed by atoms with van der Waals surface area (Å²) in [6.07, 6.45) is 7.38. The molecule has 4 rings (SSSR count). The van der Waals surface area contributed by atoms with Crippen molar-refractivity contribution in [2.75, 3.05) is 32.7 Å². The molecule has 150 valence electrons. The maximum atomic E-state index is 13.5. The van der Waals surface area contributed by atoms with Crippen molar-refractivity contribution in [3.05, 3.63) is 30.1 Å². The molecule has 3 saturated heterocycles. The predicted molar refractivity (Wildman–Crippen MR) is 102 cm³/mol. The summed E-state index contributed by atoms with van der Waals surface area (Å²) in [5.41, 5.74) is -0.0765. The Hall–Kier alpha value is -2.48. The lowest BCUT2D eigenvalue weighted by molar-refractivity contribution is -0.147. The van der Waals surface area contributed by atoms with Crippen molar-refractivity contribution in [3.63, 3.8) is 0 Å². The van der Waals surface area contributed by atoms with Gasteiger partial charge in [0.15, 0.2) is 0 Å². The van der Waals surface area contributed by atoms with E-state index in [1.807, 2.05) is 0 Å². The van der Waals surface area contributed by atoms with E-state index in [-0.39, 0.29) is 30.3 Å². The van der Waals surface area contributed by atoms with Crippen LogP contribution in [-0.4, -0.2) is 76.8 Å². The summed E-state index contributed by atoms with van der Waals surface area (Å²) in [4.78, 5) is 46.0. The van der Waals surface area contributed by atoms with Crippen molar-refractivity contribution in [1.82, 2.24) is 25.4 Å². The molecule has 4 heterocycles. The lowest BCUT2D eigenvalue weighted by Gasteiger charge is -2.43. The van der Waals surface area contributed by atoms with Gasteiger partial charge in [0.25, 0.3) is 5.91 Å². The first-order chi connectivity index (χ1) is 13.6. The average Bonchev–Trinajstić information content (AvgIpc) is 2.95. The Morgan fingerprint density at radius 2 is 2.14 bits per heavy atom. The van der Waals surface area contributed by atoms with Crippen LogP contribution in [0.2, 0.25) is 0 Å². The number of hydrogen-bond donors (Lipinski definition) is 2. The van der Waals surface area contributed by atoms with Crippen LogP contribution < -0.4 is 10.6 Å². The van der Waals surface area contributed by atoms with Crippen LogP contribution in [0.4, 0.5) is 0 Å². The Bertz CT molecular complexity index is 755. The Labute approximate surface area is 164 Å². The quantitative estimate of drug-likeness (QED) is 0.773. The number of piperidine rings is 1. The van der Waals surface area contributed by atoms with Crippen molar-refractivity contribution in [3.8, 4) is 0 Å². The first kappa shape index (κ1) is 18.9. The highest BCUT2D eigenvalue weighted by Gasteiger charge is 2.53. The molecule has 2 atom stereocenters. The summed E-state index contributed by atoms with van der Waals surface area (Å²) in [5, 5.41) is 5.92. The third kappa shape index (κ3) is 3.61. The zero-order valence-corrected chi connectivity index (χ0v) is 16.0. The van der Waals surface area contributed by atoms with E-state index in [9.17, 15) is 14.4 Å². The van der Waals surface area contributed by atoms with Gasteiger partial charge < -0.3 is 15.5 Å². The predicted octanol–water partition coefficient (Wildman–Crippen LogP) is 0.157. The highest BCUT2D eigenvalue weighted by Crippen LogP contribution is 2.39. The summed E-state index contributed by atoms with van der Waals surface area (Å²) in [6.45, 7) is 2.85. The molecule has 0 radical (unpaired) electrons. The molecule has 8 heteroatoms. The fraction of sp³-hybridized carbons (Fsp3) is 0.600. The summed E-state index contributed by atoms with van der Waals surface area (Å²) in [5.74, 6) is -0.207. The average molecular weight is 385 g/mol. The van der Waals surface area contributed by atoms with Gasteiger partial charge in [0.2, 0.25) is 11.8 Å². The van der Waals surface area contributed by atoms with Gasteiger partial charge in [-0.1, -0.05) is 0 Å². The summed E-state index contributed by atoms with van der Waals surface area (Å²) < 4.78 is 0. The van der Waals surface area contributed by atoms with Gasteiger partial charge in [0.05, 0.1) is 12.1 Å². The fourth-order valence-electron chi connectivity index (χ4n) is 4.79. The zero-order valence-electron chi connectivity index (χ0n) is 16.0. The Balaban J connectivity index is 1.50. The summed E-state index contributed by atoms with van der Waals surface area (Å²) in [7, 11) is 0. The molecule has 2 N–H and O–H groups in total. The lowest BCUT2D eigenvalue weighted by Crippen LogP contribution is -2.59. The topological polar surface area (TPSA) is 94.6 Å². The molecule has 0 bridgehead atoms. The number of amides is 3. The molecule has 0 unspecified atom stereocenters. The van der Waals surface area contributed by atoms with E-state index in [0.717, 1.165) is 32.2 Å². The van der Waals surface area contributed by atoms with Crippen molar-refractivity contribution < 1.29 is 14.4 Å². The Morgan fingerprint density at radius 3 is 2.96 bits per heavy atom.